The lowest BCUT2D eigenvalue weighted by atomic mass is 9.81. The molecule has 0 aromatic heterocycles. The third-order valence-electron chi connectivity index (χ3n) is 8.65. The lowest BCUT2D eigenvalue weighted by Gasteiger charge is -2.51. The van der Waals surface area contributed by atoms with Crippen molar-refractivity contribution < 1.29 is 14.4 Å². The molecule has 2 aliphatic heterocycles. The molecular formula is C35H42N4O3. The molecule has 0 bridgehead atoms. The molecule has 0 radical (unpaired) electrons. The molecule has 5 rings (SSSR count). The van der Waals surface area contributed by atoms with E-state index < -0.39 is 11.6 Å². The van der Waals surface area contributed by atoms with Crippen molar-refractivity contribution >= 4 is 17.7 Å². The first kappa shape index (κ1) is 29.5. The van der Waals surface area contributed by atoms with Gasteiger partial charge in [-0.2, -0.15) is 0 Å². The molecule has 2 N–H and O–H groups in total. The predicted octanol–water partition coefficient (Wildman–Crippen LogP) is 4.22. The number of nitrogens with zero attached hydrogens (tertiary/aromatic N) is 2. The Kier molecular flexibility index (Phi) is 9.70. The normalized spacial score (nSPS) is 18.6. The molecule has 2 aliphatic rings. The molecular weight excluding hydrogens is 524 g/mol. The van der Waals surface area contributed by atoms with Crippen molar-refractivity contribution in [2.45, 2.75) is 57.0 Å². The number of rotatable bonds is 11. The van der Waals surface area contributed by atoms with Crippen LogP contribution in [0, 0.1) is 0 Å². The minimum atomic E-state index is -0.778. The van der Waals surface area contributed by atoms with Crippen molar-refractivity contribution in [1.29, 1.82) is 0 Å². The van der Waals surface area contributed by atoms with E-state index in [1.807, 2.05) is 60.4 Å². The van der Waals surface area contributed by atoms with Crippen LogP contribution in [0.5, 0.6) is 0 Å². The zero-order valence-corrected chi connectivity index (χ0v) is 24.6. The van der Waals surface area contributed by atoms with Crippen molar-refractivity contribution in [3.8, 4) is 11.1 Å². The Labute approximate surface area is 249 Å². The molecule has 3 amide bonds. The Balaban J connectivity index is 1.13. The summed E-state index contributed by atoms with van der Waals surface area (Å²) in [6, 6.07) is 27.9. The minimum Gasteiger partial charge on any atom is -0.356 e. The van der Waals surface area contributed by atoms with Gasteiger partial charge < -0.3 is 20.4 Å². The van der Waals surface area contributed by atoms with Crippen LogP contribution in [0.2, 0.25) is 0 Å². The maximum Gasteiger partial charge on any atom is 0.246 e. The summed E-state index contributed by atoms with van der Waals surface area (Å²) in [6.45, 7) is 5.47. The van der Waals surface area contributed by atoms with Crippen molar-refractivity contribution in [1.82, 2.24) is 20.4 Å². The second kappa shape index (κ2) is 13.8. The number of carbonyl (C=O) groups is 3. The monoisotopic (exact) mass is 566 g/mol. The first-order valence-corrected chi connectivity index (χ1v) is 15.3. The number of piperidine rings is 1. The average Bonchev–Trinajstić information content (AvgIpc) is 3.02. The lowest BCUT2D eigenvalue weighted by Crippen LogP contribution is -2.73. The smallest absolute Gasteiger partial charge is 0.246 e. The molecule has 2 heterocycles. The fraction of sp³-hybridized carbons (Fsp3) is 0.400. The van der Waals surface area contributed by atoms with Crippen LogP contribution in [0.3, 0.4) is 0 Å². The van der Waals surface area contributed by atoms with Gasteiger partial charge in [0.1, 0.15) is 11.6 Å². The second-order valence-electron chi connectivity index (χ2n) is 11.5. The van der Waals surface area contributed by atoms with E-state index in [1.54, 1.807) is 0 Å². The third-order valence-corrected chi connectivity index (χ3v) is 8.65. The number of likely N-dealkylation sites (tertiary alicyclic amines) is 1. The van der Waals surface area contributed by atoms with Gasteiger partial charge in [0.2, 0.25) is 17.7 Å². The van der Waals surface area contributed by atoms with Crippen LogP contribution in [0.25, 0.3) is 11.1 Å². The summed E-state index contributed by atoms with van der Waals surface area (Å²) in [4.78, 5) is 44.2. The first-order chi connectivity index (χ1) is 20.5. The van der Waals surface area contributed by atoms with Crippen molar-refractivity contribution in [2.75, 3.05) is 32.7 Å². The van der Waals surface area contributed by atoms with Crippen molar-refractivity contribution in [3.63, 3.8) is 0 Å². The van der Waals surface area contributed by atoms with Gasteiger partial charge in [0.25, 0.3) is 0 Å². The Morgan fingerprint density at radius 3 is 2.26 bits per heavy atom. The topological polar surface area (TPSA) is 81.8 Å². The molecule has 220 valence electrons. The van der Waals surface area contributed by atoms with Crippen LogP contribution in [0.4, 0.5) is 0 Å². The van der Waals surface area contributed by atoms with Crippen LogP contribution in [-0.4, -0.2) is 71.8 Å². The Morgan fingerprint density at radius 2 is 1.55 bits per heavy atom. The summed E-state index contributed by atoms with van der Waals surface area (Å²) in [5, 5.41) is 5.99. The second-order valence-corrected chi connectivity index (χ2v) is 11.5. The van der Waals surface area contributed by atoms with Gasteiger partial charge in [-0.25, -0.2) is 0 Å². The molecule has 42 heavy (non-hydrogen) atoms. The highest BCUT2D eigenvalue weighted by molar-refractivity contribution is 6.00. The van der Waals surface area contributed by atoms with E-state index in [2.05, 4.69) is 51.9 Å². The van der Waals surface area contributed by atoms with Crippen LogP contribution < -0.4 is 10.6 Å². The standard InChI is InChI=1S/C35H42N4O3/c1-2-21-39-33(41)31(16-20-36-32(40)26-28-12-9-15-30(25-28)29-13-7-4-8-14-29)37-34(42)35(39)18-23-38(24-19-35)22-17-27-10-5-3-6-11-27/h3-15,25,31H,2,16-24,26H2,1H3,(H,36,40)(H,37,42)/t31-/m0/s1. The van der Waals surface area contributed by atoms with Gasteiger partial charge in [0, 0.05) is 32.7 Å². The molecule has 2 fully saturated rings. The number of amides is 3. The Morgan fingerprint density at radius 1 is 0.881 bits per heavy atom. The first-order valence-electron chi connectivity index (χ1n) is 15.3. The Bertz CT molecular complexity index is 1350. The number of benzene rings is 3. The van der Waals surface area contributed by atoms with E-state index in [9.17, 15) is 14.4 Å². The zero-order valence-electron chi connectivity index (χ0n) is 24.6. The van der Waals surface area contributed by atoms with Crippen LogP contribution in [0.1, 0.15) is 43.7 Å². The molecule has 3 aromatic carbocycles. The van der Waals surface area contributed by atoms with Gasteiger partial charge in [-0.3, -0.25) is 14.4 Å². The summed E-state index contributed by atoms with van der Waals surface area (Å²) in [6.07, 6.45) is 3.70. The van der Waals surface area contributed by atoms with E-state index >= 15 is 0 Å². The maximum atomic E-state index is 13.7. The molecule has 3 aromatic rings. The predicted molar refractivity (Wildman–Crippen MR) is 166 cm³/mol. The number of hydrogen-bond donors (Lipinski definition) is 2. The Hall–Kier alpha value is -3.97. The molecule has 7 heteroatoms. The highest BCUT2D eigenvalue weighted by Gasteiger charge is 2.53. The van der Waals surface area contributed by atoms with Crippen molar-refractivity contribution in [3.05, 3.63) is 96.1 Å². The van der Waals surface area contributed by atoms with Gasteiger partial charge in [-0.1, -0.05) is 91.9 Å². The van der Waals surface area contributed by atoms with E-state index in [4.69, 9.17) is 0 Å². The molecule has 2 saturated heterocycles. The summed E-state index contributed by atoms with van der Waals surface area (Å²) in [5.74, 6) is -0.175. The highest BCUT2D eigenvalue weighted by atomic mass is 16.2. The van der Waals surface area contributed by atoms with Gasteiger partial charge in [0.05, 0.1) is 6.42 Å². The largest absolute Gasteiger partial charge is 0.356 e. The molecule has 1 atom stereocenters. The van der Waals surface area contributed by atoms with Crippen LogP contribution in [0.15, 0.2) is 84.9 Å². The number of carbonyl (C=O) groups excluding carboxylic acids is 3. The number of hydrogen-bond acceptors (Lipinski definition) is 4. The highest BCUT2D eigenvalue weighted by Crippen LogP contribution is 2.33. The molecule has 0 saturated carbocycles. The van der Waals surface area contributed by atoms with Gasteiger partial charge in [0.15, 0.2) is 0 Å². The lowest BCUT2D eigenvalue weighted by molar-refractivity contribution is -0.161. The van der Waals surface area contributed by atoms with Crippen LogP contribution >= 0.6 is 0 Å². The summed E-state index contributed by atoms with van der Waals surface area (Å²) in [7, 11) is 0. The van der Waals surface area contributed by atoms with Gasteiger partial charge >= 0.3 is 0 Å². The fourth-order valence-electron chi connectivity index (χ4n) is 6.29. The summed E-state index contributed by atoms with van der Waals surface area (Å²) in [5.41, 5.74) is 3.65. The maximum absolute atomic E-state index is 13.7. The quantitative estimate of drug-likeness (QED) is 0.364. The van der Waals surface area contributed by atoms with Gasteiger partial charge in [-0.05, 0) is 54.4 Å². The molecule has 7 nitrogen and oxygen atoms in total. The zero-order chi connectivity index (χ0) is 29.4. The number of nitrogens with one attached hydrogen (secondary N) is 2. The SMILES string of the molecule is CCCN1C(=O)[C@H](CCNC(=O)Cc2cccc(-c3ccccc3)c2)NC(=O)C12CCN(CCc1ccccc1)CC2. The summed E-state index contributed by atoms with van der Waals surface area (Å²) < 4.78 is 0. The van der Waals surface area contributed by atoms with E-state index in [0.717, 1.165) is 49.2 Å². The fourth-order valence-corrected chi connectivity index (χ4v) is 6.29. The molecule has 0 aliphatic carbocycles. The molecule has 0 unspecified atom stereocenters. The average molecular weight is 567 g/mol. The van der Waals surface area contributed by atoms with E-state index in [-0.39, 0.29) is 24.1 Å². The minimum absolute atomic E-state index is 0.0287. The third kappa shape index (κ3) is 6.90. The van der Waals surface area contributed by atoms with Crippen LogP contribution in [-0.2, 0) is 27.2 Å². The van der Waals surface area contributed by atoms with E-state index in [1.165, 1.54) is 5.56 Å². The molecule has 1 spiro atoms. The van der Waals surface area contributed by atoms with Crippen molar-refractivity contribution in [2.24, 2.45) is 0 Å². The van der Waals surface area contributed by atoms with E-state index in [0.29, 0.717) is 32.4 Å². The van der Waals surface area contributed by atoms with Gasteiger partial charge in [-0.15, -0.1) is 0 Å². The number of piperazine rings is 1. The summed E-state index contributed by atoms with van der Waals surface area (Å²) >= 11 is 0.